The standard InChI is InChI=1S/C65H40N4S/c1-2-17-41(18-3-1)64-66-55(40-56(67-64)49-23-16-27-54-63(49)48-22-6-10-26-53(48)65(54)51-24-8-4-19-45(51)46-20-5-9-25-52(46)65)42-33-38-58-50(39-42)47-21-7-11-28-57(47)68(58)43-34-36-44(37-35-43)69-59-29-12-14-31-61(59)70-62-32-15-13-30-60(62)69/h1-40H. The minimum atomic E-state index is -0.448. The summed E-state index contributed by atoms with van der Waals surface area (Å²) in [6, 6.07) is 88.4. The molecular formula is C65H40N4S. The summed E-state index contributed by atoms with van der Waals surface area (Å²) in [6.45, 7) is 0. The van der Waals surface area contributed by atoms with E-state index in [2.05, 4.69) is 246 Å². The van der Waals surface area contributed by atoms with Gasteiger partial charge in [0.15, 0.2) is 5.82 Å². The topological polar surface area (TPSA) is 34.0 Å². The van der Waals surface area contributed by atoms with Crippen LogP contribution in [0.4, 0.5) is 17.1 Å². The molecule has 0 bridgehead atoms. The van der Waals surface area contributed by atoms with Gasteiger partial charge in [0.2, 0.25) is 0 Å². The molecule has 12 aromatic rings. The summed E-state index contributed by atoms with van der Waals surface area (Å²) in [5, 5.41) is 2.36. The maximum atomic E-state index is 5.46. The second-order valence-electron chi connectivity index (χ2n) is 18.4. The minimum absolute atomic E-state index is 0.448. The van der Waals surface area contributed by atoms with E-state index in [9.17, 15) is 0 Å². The number of nitrogens with zero attached hydrogens (tertiary/aromatic N) is 4. The zero-order chi connectivity index (χ0) is 45.9. The molecule has 1 spiro atoms. The van der Waals surface area contributed by atoms with Gasteiger partial charge in [-0.05, 0) is 117 Å². The predicted octanol–water partition coefficient (Wildman–Crippen LogP) is 16.9. The molecule has 0 unspecified atom stereocenters. The average molecular weight is 909 g/mol. The highest BCUT2D eigenvalue weighted by molar-refractivity contribution is 7.99. The third kappa shape index (κ3) is 5.55. The second kappa shape index (κ2) is 15.1. The molecule has 2 aromatic heterocycles. The van der Waals surface area contributed by atoms with Crippen LogP contribution < -0.4 is 4.90 Å². The lowest BCUT2D eigenvalue weighted by atomic mass is 9.70. The highest BCUT2D eigenvalue weighted by Crippen LogP contribution is 2.64. The van der Waals surface area contributed by atoms with Gasteiger partial charge in [0, 0.05) is 48.6 Å². The summed E-state index contributed by atoms with van der Waals surface area (Å²) in [7, 11) is 0. The molecule has 2 aliphatic carbocycles. The van der Waals surface area contributed by atoms with Crippen molar-refractivity contribution in [3.63, 3.8) is 0 Å². The van der Waals surface area contributed by atoms with Crippen LogP contribution in [0.2, 0.25) is 0 Å². The molecule has 0 atom stereocenters. The van der Waals surface area contributed by atoms with Crippen LogP contribution in [-0.4, -0.2) is 14.5 Å². The molecular weight excluding hydrogens is 869 g/mol. The van der Waals surface area contributed by atoms with E-state index in [0.29, 0.717) is 5.82 Å². The van der Waals surface area contributed by atoms with Crippen LogP contribution in [0.5, 0.6) is 0 Å². The summed E-state index contributed by atoms with van der Waals surface area (Å²) in [5.41, 5.74) is 21.7. The molecule has 0 amide bonds. The maximum absolute atomic E-state index is 5.46. The van der Waals surface area contributed by atoms with Crippen LogP contribution in [0.15, 0.2) is 252 Å². The molecule has 70 heavy (non-hydrogen) atoms. The quantitative estimate of drug-likeness (QED) is 0.172. The Kier molecular flexibility index (Phi) is 8.48. The molecule has 326 valence electrons. The van der Waals surface area contributed by atoms with Crippen molar-refractivity contribution in [1.82, 2.24) is 14.5 Å². The molecule has 15 rings (SSSR count). The van der Waals surface area contributed by atoms with Crippen LogP contribution in [-0.2, 0) is 5.41 Å². The number of hydrogen-bond acceptors (Lipinski definition) is 4. The Morgan fingerprint density at radius 1 is 0.357 bits per heavy atom. The Morgan fingerprint density at radius 2 is 0.900 bits per heavy atom. The third-order valence-electron chi connectivity index (χ3n) is 14.8. The fourth-order valence-corrected chi connectivity index (χ4v) is 13.0. The Balaban J connectivity index is 0.891. The van der Waals surface area contributed by atoms with Gasteiger partial charge in [-0.2, -0.15) is 0 Å². The fraction of sp³-hybridized carbons (Fsp3) is 0.0154. The van der Waals surface area contributed by atoms with E-state index in [-0.39, 0.29) is 0 Å². The van der Waals surface area contributed by atoms with Crippen molar-refractivity contribution in [3.05, 3.63) is 265 Å². The highest BCUT2D eigenvalue weighted by Gasteiger charge is 2.52. The summed E-state index contributed by atoms with van der Waals surface area (Å²) in [5.74, 6) is 0.698. The summed E-state index contributed by atoms with van der Waals surface area (Å²) in [4.78, 5) is 15.7. The van der Waals surface area contributed by atoms with Crippen molar-refractivity contribution < 1.29 is 0 Å². The van der Waals surface area contributed by atoms with Gasteiger partial charge in [-0.25, -0.2) is 9.97 Å². The van der Waals surface area contributed by atoms with E-state index >= 15 is 0 Å². The number of para-hydroxylation sites is 3. The smallest absolute Gasteiger partial charge is 0.160 e. The first kappa shape index (κ1) is 39.2. The van der Waals surface area contributed by atoms with E-state index in [1.54, 1.807) is 0 Å². The average Bonchev–Trinajstić information content (AvgIpc) is 4.04. The van der Waals surface area contributed by atoms with Crippen molar-refractivity contribution in [2.24, 2.45) is 0 Å². The molecule has 3 aliphatic rings. The first-order valence-electron chi connectivity index (χ1n) is 23.9. The number of hydrogen-bond donors (Lipinski definition) is 0. The van der Waals surface area contributed by atoms with E-state index < -0.39 is 5.41 Å². The Morgan fingerprint density at radius 3 is 1.63 bits per heavy atom. The van der Waals surface area contributed by atoms with Gasteiger partial charge in [0.1, 0.15) is 0 Å². The third-order valence-corrected chi connectivity index (χ3v) is 16.0. The molecule has 1 aliphatic heterocycles. The largest absolute Gasteiger partial charge is 0.309 e. The van der Waals surface area contributed by atoms with Crippen molar-refractivity contribution in [2.75, 3.05) is 4.90 Å². The Hall–Kier alpha value is -8.77. The molecule has 0 saturated carbocycles. The van der Waals surface area contributed by atoms with Crippen LogP contribution in [0.25, 0.3) is 83.6 Å². The molecule has 3 heterocycles. The van der Waals surface area contributed by atoms with E-state index in [1.807, 2.05) is 17.8 Å². The lowest BCUT2D eigenvalue weighted by Gasteiger charge is -2.32. The maximum Gasteiger partial charge on any atom is 0.160 e. The molecule has 0 N–H and O–H groups in total. The van der Waals surface area contributed by atoms with Gasteiger partial charge in [-0.1, -0.05) is 182 Å². The molecule has 10 aromatic carbocycles. The van der Waals surface area contributed by atoms with Crippen molar-refractivity contribution in [1.29, 1.82) is 0 Å². The van der Waals surface area contributed by atoms with Crippen LogP contribution in [0.3, 0.4) is 0 Å². The normalized spacial score (nSPS) is 13.5. The van der Waals surface area contributed by atoms with Gasteiger partial charge in [-0.3, -0.25) is 0 Å². The number of anilines is 3. The van der Waals surface area contributed by atoms with Crippen molar-refractivity contribution in [2.45, 2.75) is 15.2 Å². The van der Waals surface area contributed by atoms with Gasteiger partial charge < -0.3 is 9.47 Å². The van der Waals surface area contributed by atoms with Gasteiger partial charge >= 0.3 is 0 Å². The summed E-state index contributed by atoms with van der Waals surface area (Å²) >= 11 is 1.83. The van der Waals surface area contributed by atoms with Crippen molar-refractivity contribution >= 4 is 50.6 Å². The fourth-order valence-electron chi connectivity index (χ4n) is 12.0. The van der Waals surface area contributed by atoms with Crippen LogP contribution >= 0.6 is 11.8 Å². The van der Waals surface area contributed by atoms with Crippen LogP contribution in [0, 0.1) is 0 Å². The lowest BCUT2D eigenvalue weighted by Crippen LogP contribution is -2.25. The number of benzene rings is 10. The molecule has 0 radical (unpaired) electrons. The van der Waals surface area contributed by atoms with Gasteiger partial charge in [-0.15, -0.1) is 0 Å². The number of fused-ring (bicyclic) bond motifs is 15. The zero-order valence-electron chi connectivity index (χ0n) is 37.8. The van der Waals surface area contributed by atoms with Crippen molar-refractivity contribution in [3.8, 4) is 61.8 Å². The molecule has 5 heteroatoms. The highest BCUT2D eigenvalue weighted by atomic mass is 32.2. The number of rotatable bonds is 5. The first-order valence-corrected chi connectivity index (χ1v) is 24.7. The number of aromatic nitrogens is 3. The van der Waals surface area contributed by atoms with E-state index in [1.165, 1.54) is 76.4 Å². The first-order chi connectivity index (χ1) is 34.7. The predicted molar refractivity (Wildman–Crippen MR) is 288 cm³/mol. The SMILES string of the molecule is c1ccc(-c2nc(-c3ccc4c(c3)c3ccccc3n4-c3ccc(N4c5ccccc5Sc5ccccc54)cc3)cc(-c3cccc4c3-c3ccccc3C43c4ccccc4-c4ccccc43)n2)cc1. The summed E-state index contributed by atoms with van der Waals surface area (Å²) in [6.07, 6.45) is 0. The minimum Gasteiger partial charge on any atom is -0.309 e. The molecule has 0 fully saturated rings. The monoisotopic (exact) mass is 908 g/mol. The Labute approximate surface area is 409 Å². The second-order valence-corrected chi connectivity index (χ2v) is 19.5. The zero-order valence-corrected chi connectivity index (χ0v) is 38.6. The van der Waals surface area contributed by atoms with Gasteiger partial charge in [0.05, 0.1) is 39.2 Å². The van der Waals surface area contributed by atoms with Gasteiger partial charge in [0.25, 0.3) is 0 Å². The Bertz CT molecular complexity index is 4020. The molecule has 0 saturated heterocycles. The van der Waals surface area contributed by atoms with E-state index in [4.69, 9.17) is 9.97 Å². The summed E-state index contributed by atoms with van der Waals surface area (Å²) < 4.78 is 2.40. The molecule has 4 nitrogen and oxygen atoms in total. The van der Waals surface area contributed by atoms with Crippen LogP contribution in [0.1, 0.15) is 22.3 Å². The lowest BCUT2D eigenvalue weighted by molar-refractivity contribution is 0.794. The van der Waals surface area contributed by atoms with E-state index in [0.717, 1.165) is 50.5 Å².